The first-order valence-electron chi connectivity index (χ1n) is 8.97. The second-order valence-electron chi connectivity index (χ2n) is 6.45. The standard InChI is InChI=1S/C20H18N4O2S/c21-12-15-14-8-4-5-9-16(14)27-20(15)22-17(25)10-11-18-23-19(24-26-18)13-6-2-1-3-7-13/h1-3,6-7H,4-5,8-11H2,(H,22,25). The number of hydrogen-bond acceptors (Lipinski definition) is 6. The van der Waals surface area contributed by atoms with Crippen molar-refractivity contribution in [1.29, 1.82) is 5.26 Å². The van der Waals surface area contributed by atoms with Gasteiger partial charge in [0.15, 0.2) is 0 Å². The number of benzene rings is 1. The second kappa shape index (κ2) is 7.72. The van der Waals surface area contributed by atoms with Crippen LogP contribution in [0.4, 0.5) is 5.00 Å². The Kier molecular flexibility index (Phi) is 4.99. The van der Waals surface area contributed by atoms with Gasteiger partial charge in [-0.25, -0.2) is 0 Å². The maximum Gasteiger partial charge on any atom is 0.227 e. The van der Waals surface area contributed by atoms with Crippen LogP contribution >= 0.6 is 11.3 Å². The molecule has 2 heterocycles. The van der Waals surface area contributed by atoms with E-state index in [-0.39, 0.29) is 12.3 Å². The van der Waals surface area contributed by atoms with Crippen molar-refractivity contribution in [2.45, 2.75) is 38.5 Å². The summed E-state index contributed by atoms with van der Waals surface area (Å²) in [6.07, 6.45) is 4.76. The van der Waals surface area contributed by atoms with Gasteiger partial charge in [-0.3, -0.25) is 4.79 Å². The third-order valence-electron chi connectivity index (χ3n) is 4.60. The number of fused-ring (bicyclic) bond motifs is 1. The minimum absolute atomic E-state index is 0.149. The molecule has 0 saturated heterocycles. The Morgan fingerprint density at radius 2 is 2.07 bits per heavy atom. The molecule has 1 aromatic carbocycles. The monoisotopic (exact) mass is 378 g/mol. The predicted molar refractivity (Wildman–Crippen MR) is 102 cm³/mol. The summed E-state index contributed by atoms with van der Waals surface area (Å²) in [6, 6.07) is 11.8. The number of thiophene rings is 1. The van der Waals surface area contributed by atoms with Gasteiger partial charge < -0.3 is 9.84 Å². The molecule has 0 bridgehead atoms. The maximum atomic E-state index is 12.3. The number of aryl methyl sites for hydroxylation is 2. The van der Waals surface area contributed by atoms with Crippen molar-refractivity contribution >= 4 is 22.2 Å². The number of hydrogen-bond donors (Lipinski definition) is 1. The highest BCUT2D eigenvalue weighted by molar-refractivity contribution is 7.16. The van der Waals surface area contributed by atoms with Crippen molar-refractivity contribution in [3.8, 4) is 17.5 Å². The average molecular weight is 378 g/mol. The fraction of sp³-hybridized carbons (Fsp3) is 0.300. The summed E-state index contributed by atoms with van der Waals surface area (Å²) in [7, 11) is 0. The van der Waals surface area contributed by atoms with Crippen molar-refractivity contribution in [3.63, 3.8) is 0 Å². The number of nitrogens with zero attached hydrogens (tertiary/aromatic N) is 3. The Morgan fingerprint density at radius 1 is 1.26 bits per heavy atom. The van der Waals surface area contributed by atoms with Crippen LogP contribution in [-0.4, -0.2) is 16.0 Å². The Bertz CT molecular complexity index is 1000. The summed E-state index contributed by atoms with van der Waals surface area (Å²) in [5.74, 6) is 0.795. The van der Waals surface area contributed by atoms with Crippen LogP contribution in [0.15, 0.2) is 34.9 Å². The zero-order valence-electron chi connectivity index (χ0n) is 14.7. The second-order valence-corrected chi connectivity index (χ2v) is 7.56. The summed E-state index contributed by atoms with van der Waals surface area (Å²) in [4.78, 5) is 17.9. The molecule has 1 aliphatic carbocycles. The minimum Gasteiger partial charge on any atom is -0.339 e. The van der Waals surface area contributed by atoms with Gasteiger partial charge in [-0.05, 0) is 31.2 Å². The van der Waals surface area contributed by atoms with Gasteiger partial charge >= 0.3 is 0 Å². The van der Waals surface area contributed by atoms with E-state index in [0.717, 1.165) is 36.8 Å². The molecule has 0 saturated carbocycles. The lowest BCUT2D eigenvalue weighted by molar-refractivity contribution is -0.116. The highest BCUT2D eigenvalue weighted by atomic mass is 32.1. The van der Waals surface area contributed by atoms with Crippen LogP contribution in [0.3, 0.4) is 0 Å². The van der Waals surface area contributed by atoms with Crippen molar-refractivity contribution in [2.24, 2.45) is 0 Å². The van der Waals surface area contributed by atoms with Gasteiger partial charge in [-0.15, -0.1) is 11.3 Å². The number of nitriles is 1. The molecule has 6 nitrogen and oxygen atoms in total. The molecule has 136 valence electrons. The van der Waals surface area contributed by atoms with E-state index in [0.29, 0.717) is 28.7 Å². The number of carbonyl (C=O) groups is 1. The lowest BCUT2D eigenvalue weighted by Crippen LogP contribution is -2.12. The highest BCUT2D eigenvalue weighted by Gasteiger charge is 2.22. The van der Waals surface area contributed by atoms with Crippen molar-refractivity contribution < 1.29 is 9.32 Å². The van der Waals surface area contributed by atoms with Crippen LogP contribution < -0.4 is 5.32 Å². The molecule has 7 heteroatoms. The summed E-state index contributed by atoms with van der Waals surface area (Å²) in [6.45, 7) is 0. The lowest BCUT2D eigenvalue weighted by atomic mass is 9.96. The number of rotatable bonds is 5. The summed E-state index contributed by atoms with van der Waals surface area (Å²) in [5.41, 5.74) is 2.63. The molecule has 27 heavy (non-hydrogen) atoms. The molecular formula is C20H18N4O2S. The quantitative estimate of drug-likeness (QED) is 0.721. The molecule has 1 aliphatic rings. The van der Waals surface area contributed by atoms with Crippen molar-refractivity contribution in [2.75, 3.05) is 5.32 Å². The molecule has 1 N–H and O–H groups in total. The average Bonchev–Trinajstić information content (AvgIpc) is 3.31. The van der Waals surface area contributed by atoms with E-state index in [1.54, 1.807) is 0 Å². The number of amides is 1. The van der Waals surface area contributed by atoms with E-state index < -0.39 is 0 Å². The molecule has 2 aromatic heterocycles. The minimum atomic E-state index is -0.149. The number of carbonyl (C=O) groups excluding carboxylic acids is 1. The smallest absolute Gasteiger partial charge is 0.227 e. The SMILES string of the molecule is N#Cc1c(NC(=O)CCc2nc(-c3ccccc3)no2)sc2c1CCCC2. The summed E-state index contributed by atoms with van der Waals surface area (Å²) >= 11 is 1.53. The van der Waals surface area contributed by atoms with E-state index in [4.69, 9.17) is 4.52 Å². The van der Waals surface area contributed by atoms with Gasteiger partial charge in [0.1, 0.15) is 11.1 Å². The van der Waals surface area contributed by atoms with Crippen molar-refractivity contribution in [3.05, 3.63) is 52.2 Å². The van der Waals surface area contributed by atoms with Crippen LogP contribution in [0.5, 0.6) is 0 Å². The van der Waals surface area contributed by atoms with E-state index in [2.05, 4.69) is 21.5 Å². The molecule has 3 aromatic rings. The fourth-order valence-electron chi connectivity index (χ4n) is 3.24. The van der Waals surface area contributed by atoms with Gasteiger partial charge in [0.25, 0.3) is 0 Å². The Labute approximate surface area is 160 Å². The van der Waals surface area contributed by atoms with Gasteiger partial charge in [-0.2, -0.15) is 10.2 Å². The first-order valence-corrected chi connectivity index (χ1v) is 9.78. The van der Waals surface area contributed by atoms with Gasteiger partial charge in [0.05, 0.1) is 5.56 Å². The van der Waals surface area contributed by atoms with E-state index >= 15 is 0 Å². The van der Waals surface area contributed by atoms with Gasteiger partial charge in [0.2, 0.25) is 17.6 Å². The van der Waals surface area contributed by atoms with E-state index in [9.17, 15) is 10.1 Å². The van der Waals surface area contributed by atoms with Gasteiger partial charge in [0, 0.05) is 23.3 Å². The molecule has 0 fully saturated rings. The number of anilines is 1. The van der Waals surface area contributed by atoms with Crippen LogP contribution in [0.1, 0.15) is 41.2 Å². The maximum absolute atomic E-state index is 12.3. The molecule has 0 unspecified atom stereocenters. The molecule has 0 radical (unpaired) electrons. The van der Waals surface area contributed by atoms with Crippen molar-refractivity contribution in [1.82, 2.24) is 10.1 Å². The normalized spacial score (nSPS) is 13.0. The third-order valence-corrected chi connectivity index (χ3v) is 5.81. The van der Waals surface area contributed by atoms with Crippen LogP contribution in [0.25, 0.3) is 11.4 Å². The van der Waals surface area contributed by atoms with Crippen LogP contribution in [0, 0.1) is 11.3 Å². The van der Waals surface area contributed by atoms with Crippen LogP contribution in [0.2, 0.25) is 0 Å². The summed E-state index contributed by atoms with van der Waals surface area (Å²) in [5, 5.41) is 17.0. The Hall–Kier alpha value is -2.98. The predicted octanol–water partition coefficient (Wildman–Crippen LogP) is 4.12. The molecule has 0 atom stereocenters. The molecular weight excluding hydrogens is 360 g/mol. The first-order chi connectivity index (χ1) is 13.2. The first kappa shape index (κ1) is 17.4. The Morgan fingerprint density at radius 3 is 2.89 bits per heavy atom. The largest absolute Gasteiger partial charge is 0.339 e. The molecule has 0 aliphatic heterocycles. The van der Waals surface area contributed by atoms with E-state index in [1.165, 1.54) is 16.2 Å². The zero-order chi connectivity index (χ0) is 18.6. The summed E-state index contributed by atoms with van der Waals surface area (Å²) < 4.78 is 5.24. The van der Waals surface area contributed by atoms with Gasteiger partial charge in [-0.1, -0.05) is 35.5 Å². The Balaban J connectivity index is 1.39. The highest BCUT2D eigenvalue weighted by Crippen LogP contribution is 2.37. The zero-order valence-corrected chi connectivity index (χ0v) is 15.5. The number of aromatic nitrogens is 2. The van der Waals surface area contributed by atoms with E-state index in [1.807, 2.05) is 30.3 Å². The van der Waals surface area contributed by atoms with Crippen LogP contribution in [-0.2, 0) is 24.1 Å². The number of nitrogens with one attached hydrogen (secondary N) is 1. The lowest BCUT2D eigenvalue weighted by Gasteiger charge is -2.09. The third kappa shape index (κ3) is 3.76. The molecule has 1 amide bonds. The molecule has 4 rings (SSSR count). The topological polar surface area (TPSA) is 91.8 Å². The molecule has 0 spiro atoms. The fourth-order valence-corrected chi connectivity index (χ4v) is 4.50.